The second-order valence-corrected chi connectivity index (χ2v) is 3.42. The van der Waals surface area contributed by atoms with Gasteiger partial charge in [-0.3, -0.25) is 0 Å². The Bertz CT molecular complexity index is 538. The highest BCUT2D eigenvalue weighted by Gasteiger charge is 1.97. The topological polar surface area (TPSA) is 42.2 Å². The maximum Gasteiger partial charge on any atom is 0.328 e. The maximum atomic E-state index is 10.3. The molecule has 0 spiro atoms. The molecule has 0 bridgehead atoms. The van der Waals surface area contributed by atoms with Crippen molar-refractivity contribution in [2.75, 3.05) is 0 Å². The highest BCUT2D eigenvalue weighted by Crippen LogP contribution is 2.17. The molecule has 0 atom stereocenters. The Hall–Kier alpha value is -2.03. The molecule has 1 N–H and O–H groups in total. The largest absolute Gasteiger partial charge is 0.478 e. The minimum absolute atomic E-state index is 0.899. The normalized spacial score (nSPS) is 11.3. The van der Waals surface area contributed by atoms with Crippen LogP contribution in [0.4, 0.5) is 0 Å². The zero-order valence-corrected chi connectivity index (χ0v) is 8.34. The summed E-state index contributed by atoms with van der Waals surface area (Å²) in [5.74, 6) is -0.928. The first-order valence-corrected chi connectivity index (χ1v) is 4.63. The predicted molar refractivity (Wildman–Crippen MR) is 59.6 cm³/mol. The predicted octanol–water partition coefficient (Wildman–Crippen LogP) is 2.28. The van der Waals surface area contributed by atoms with Crippen molar-refractivity contribution in [3.8, 4) is 0 Å². The Morgan fingerprint density at radius 3 is 2.93 bits per heavy atom. The quantitative estimate of drug-likeness (QED) is 0.757. The average Bonchev–Trinajstić information content (AvgIpc) is 2.57. The van der Waals surface area contributed by atoms with E-state index in [1.807, 2.05) is 42.1 Å². The third-order valence-corrected chi connectivity index (χ3v) is 2.33. The number of aliphatic carboxylic acids is 1. The minimum atomic E-state index is -0.928. The Morgan fingerprint density at radius 1 is 1.40 bits per heavy atom. The van der Waals surface area contributed by atoms with Gasteiger partial charge in [0, 0.05) is 30.2 Å². The van der Waals surface area contributed by atoms with Crippen LogP contribution in [0.1, 0.15) is 5.56 Å². The van der Waals surface area contributed by atoms with Crippen LogP contribution in [0, 0.1) is 0 Å². The van der Waals surface area contributed by atoms with Crippen LogP contribution in [0.3, 0.4) is 0 Å². The fourth-order valence-corrected chi connectivity index (χ4v) is 1.57. The Balaban J connectivity index is 2.43. The average molecular weight is 201 g/mol. The number of nitrogens with zero attached hydrogens (tertiary/aromatic N) is 1. The number of aryl methyl sites for hydroxylation is 1. The number of carboxylic acid groups (broad SMARTS) is 1. The van der Waals surface area contributed by atoms with E-state index < -0.39 is 5.97 Å². The van der Waals surface area contributed by atoms with Crippen LogP contribution in [-0.4, -0.2) is 15.6 Å². The molecule has 1 aromatic carbocycles. The smallest absolute Gasteiger partial charge is 0.328 e. The molecule has 0 saturated heterocycles. The van der Waals surface area contributed by atoms with Crippen molar-refractivity contribution in [1.29, 1.82) is 0 Å². The summed E-state index contributed by atoms with van der Waals surface area (Å²) >= 11 is 0. The molecule has 76 valence electrons. The van der Waals surface area contributed by atoms with Crippen molar-refractivity contribution in [1.82, 2.24) is 4.57 Å². The molecular weight excluding hydrogens is 190 g/mol. The Kier molecular flexibility index (Phi) is 2.29. The molecule has 2 rings (SSSR count). The molecule has 0 aliphatic heterocycles. The minimum Gasteiger partial charge on any atom is -0.478 e. The lowest BCUT2D eigenvalue weighted by molar-refractivity contribution is -0.131. The summed E-state index contributed by atoms with van der Waals surface area (Å²) in [6, 6.07) is 7.86. The van der Waals surface area contributed by atoms with E-state index in [1.165, 1.54) is 0 Å². The van der Waals surface area contributed by atoms with E-state index in [2.05, 4.69) is 0 Å². The van der Waals surface area contributed by atoms with Crippen LogP contribution in [-0.2, 0) is 11.8 Å². The summed E-state index contributed by atoms with van der Waals surface area (Å²) in [6.45, 7) is 0. The van der Waals surface area contributed by atoms with Crippen molar-refractivity contribution in [3.63, 3.8) is 0 Å². The first-order valence-electron chi connectivity index (χ1n) is 4.63. The standard InChI is InChI=1S/C12H11NO2/c1-13-7-6-10-8-9(2-4-11(10)13)3-5-12(14)15/h2-8H,1H3,(H,14,15). The monoisotopic (exact) mass is 201 g/mol. The molecule has 3 heteroatoms. The highest BCUT2D eigenvalue weighted by molar-refractivity contribution is 5.87. The van der Waals surface area contributed by atoms with Gasteiger partial charge in [0.05, 0.1) is 0 Å². The van der Waals surface area contributed by atoms with E-state index in [-0.39, 0.29) is 0 Å². The van der Waals surface area contributed by atoms with Crippen LogP contribution >= 0.6 is 0 Å². The second-order valence-electron chi connectivity index (χ2n) is 3.42. The number of aromatic nitrogens is 1. The molecule has 15 heavy (non-hydrogen) atoms. The molecule has 2 aromatic rings. The molecule has 1 heterocycles. The van der Waals surface area contributed by atoms with Crippen molar-refractivity contribution < 1.29 is 9.90 Å². The van der Waals surface area contributed by atoms with Gasteiger partial charge in [-0.2, -0.15) is 0 Å². The van der Waals surface area contributed by atoms with Crippen LogP contribution in [0.15, 0.2) is 36.5 Å². The molecule has 0 fully saturated rings. The number of benzene rings is 1. The molecule has 0 amide bonds. The van der Waals surface area contributed by atoms with Gasteiger partial charge >= 0.3 is 5.97 Å². The summed E-state index contributed by atoms with van der Waals surface area (Å²) < 4.78 is 2.03. The Labute approximate surface area is 87.3 Å². The zero-order valence-electron chi connectivity index (χ0n) is 8.34. The SMILES string of the molecule is Cn1ccc2cc(C=CC(=O)O)ccc21. The molecule has 3 nitrogen and oxygen atoms in total. The van der Waals surface area contributed by atoms with Gasteiger partial charge in [-0.1, -0.05) is 6.07 Å². The van der Waals surface area contributed by atoms with Gasteiger partial charge in [0.2, 0.25) is 0 Å². The van der Waals surface area contributed by atoms with Gasteiger partial charge in [0.1, 0.15) is 0 Å². The number of rotatable bonds is 2. The van der Waals surface area contributed by atoms with E-state index in [4.69, 9.17) is 5.11 Å². The van der Waals surface area contributed by atoms with Crippen LogP contribution < -0.4 is 0 Å². The van der Waals surface area contributed by atoms with E-state index in [9.17, 15) is 4.79 Å². The van der Waals surface area contributed by atoms with Gasteiger partial charge in [-0.25, -0.2) is 4.79 Å². The van der Waals surface area contributed by atoms with Crippen molar-refractivity contribution in [3.05, 3.63) is 42.1 Å². The fourth-order valence-electron chi connectivity index (χ4n) is 1.57. The van der Waals surface area contributed by atoms with E-state index in [1.54, 1.807) is 6.08 Å². The summed E-state index contributed by atoms with van der Waals surface area (Å²) in [4.78, 5) is 10.3. The molecule has 0 unspecified atom stereocenters. The fraction of sp³-hybridized carbons (Fsp3) is 0.0833. The van der Waals surface area contributed by atoms with Crippen molar-refractivity contribution in [2.24, 2.45) is 7.05 Å². The lowest BCUT2D eigenvalue weighted by atomic mass is 10.1. The summed E-state index contributed by atoms with van der Waals surface area (Å²) in [5, 5.41) is 9.62. The van der Waals surface area contributed by atoms with Gasteiger partial charge in [-0.05, 0) is 29.8 Å². The molecule has 1 aromatic heterocycles. The summed E-state index contributed by atoms with van der Waals surface area (Å²) in [6.07, 6.45) is 4.72. The van der Waals surface area contributed by atoms with Crippen LogP contribution in [0.25, 0.3) is 17.0 Å². The van der Waals surface area contributed by atoms with E-state index in [0.717, 1.165) is 22.5 Å². The molecule has 0 aliphatic rings. The number of hydrogen-bond donors (Lipinski definition) is 1. The first-order chi connectivity index (χ1) is 7.16. The molecule has 0 saturated carbocycles. The summed E-state index contributed by atoms with van der Waals surface area (Å²) in [5.41, 5.74) is 2.04. The van der Waals surface area contributed by atoms with E-state index in [0.29, 0.717) is 0 Å². The second kappa shape index (κ2) is 3.61. The van der Waals surface area contributed by atoms with Gasteiger partial charge in [0.25, 0.3) is 0 Å². The summed E-state index contributed by atoms with van der Waals surface area (Å²) in [7, 11) is 1.98. The first kappa shape index (κ1) is 9.52. The maximum absolute atomic E-state index is 10.3. The number of fused-ring (bicyclic) bond motifs is 1. The molecule has 0 radical (unpaired) electrons. The molecule has 0 aliphatic carbocycles. The van der Waals surface area contributed by atoms with Crippen LogP contribution in [0.2, 0.25) is 0 Å². The number of hydrogen-bond acceptors (Lipinski definition) is 1. The van der Waals surface area contributed by atoms with Gasteiger partial charge in [-0.15, -0.1) is 0 Å². The third kappa shape index (κ3) is 1.91. The highest BCUT2D eigenvalue weighted by atomic mass is 16.4. The van der Waals surface area contributed by atoms with Crippen molar-refractivity contribution in [2.45, 2.75) is 0 Å². The number of carboxylic acids is 1. The molecular formula is C12H11NO2. The van der Waals surface area contributed by atoms with Crippen LogP contribution in [0.5, 0.6) is 0 Å². The zero-order chi connectivity index (χ0) is 10.8. The van der Waals surface area contributed by atoms with Gasteiger partial charge in [0.15, 0.2) is 0 Å². The van der Waals surface area contributed by atoms with E-state index >= 15 is 0 Å². The lowest BCUT2D eigenvalue weighted by Gasteiger charge is -1.97. The lowest BCUT2D eigenvalue weighted by Crippen LogP contribution is -1.86. The third-order valence-electron chi connectivity index (χ3n) is 2.33. The Morgan fingerprint density at radius 2 is 2.20 bits per heavy atom. The number of carbonyl (C=O) groups is 1. The van der Waals surface area contributed by atoms with Gasteiger partial charge < -0.3 is 9.67 Å². The van der Waals surface area contributed by atoms with Crippen molar-refractivity contribution >= 4 is 22.9 Å².